The molecule has 1 heterocycles. The van der Waals surface area contributed by atoms with Crippen molar-refractivity contribution in [2.75, 3.05) is 0 Å². The van der Waals surface area contributed by atoms with Gasteiger partial charge < -0.3 is 5.32 Å². The molecule has 1 aromatic carbocycles. The zero-order valence-corrected chi connectivity index (χ0v) is 16.8. The number of aromatic nitrogens is 2. The van der Waals surface area contributed by atoms with Crippen LogP contribution < -0.4 is 5.32 Å². The monoisotopic (exact) mass is 381 g/mol. The molecule has 1 N–H and O–H groups in total. The Labute approximate surface area is 166 Å². The number of benzene rings is 1. The predicted octanol–water partition coefficient (Wildman–Crippen LogP) is 4.86. The van der Waals surface area contributed by atoms with E-state index in [1.165, 1.54) is 12.5 Å². The third-order valence-corrected chi connectivity index (χ3v) is 7.40. The van der Waals surface area contributed by atoms with Crippen LogP contribution in [0.5, 0.6) is 0 Å². The van der Waals surface area contributed by atoms with E-state index in [4.69, 9.17) is 0 Å². The highest BCUT2D eigenvalue weighted by Gasteiger charge is 2.56. The molecule has 0 unspecified atom stereocenters. The Hall–Kier alpha value is -2.30. The minimum Gasteiger partial charge on any atom is -0.353 e. The van der Waals surface area contributed by atoms with Crippen molar-refractivity contribution >= 4 is 5.91 Å². The maximum atomic E-state index is 14.2. The molecule has 0 bridgehead atoms. The van der Waals surface area contributed by atoms with E-state index >= 15 is 0 Å². The number of rotatable bonds is 4. The molecule has 2 saturated carbocycles. The molecule has 0 saturated heterocycles. The van der Waals surface area contributed by atoms with Crippen LogP contribution in [0.3, 0.4) is 0 Å². The standard InChI is InChI=1S/C23H28FN3O/c1-22(2)18(11-12-23(22,3)21(28)26-16-7-6-8-16)15-13-20(27-25-14-15)17-9-4-5-10-19(17)24/h4-5,9-10,13-14,16,18H,6-8,11-12H2,1-3H3,(H,26,28)/t18-,23-/m0/s1. The van der Waals surface area contributed by atoms with Crippen LogP contribution in [-0.4, -0.2) is 22.1 Å². The first-order chi connectivity index (χ1) is 13.3. The molecule has 148 valence electrons. The van der Waals surface area contributed by atoms with Crippen LogP contribution in [0.2, 0.25) is 0 Å². The van der Waals surface area contributed by atoms with Gasteiger partial charge in [-0.1, -0.05) is 32.9 Å². The fourth-order valence-electron chi connectivity index (χ4n) is 4.76. The van der Waals surface area contributed by atoms with Crippen molar-refractivity contribution in [1.82, 2.24) is 15.5 Å². The van der Waals surface area contributed by atoms with E-state index in [0.29, 0.717) is 17.3 Å². The fourth-order valence-corrected chi connectivity index (χ4v) is 4.76. The second-order valence-corrected chi connectivity index (χ2v) is 9.10. The van der Waals surface area contributed by atoms with Gasteiger partial charge >= 0.3 is 0 Å². The summed E-state index contributed by atoms with van der Waals surface area (Å²) >= 11 is 0. The summed E-state index contributed by atoms with van der Waals surface area (Å²) in [5, 5.41) is 11.6. The lowest BCUT2D eigenvalue weighted by Gasteiger charge is -2.42. The highest BCUT2D eigenvalue weighted by atomic mass is 19.1. The third-order valence-electron chi connectivity index (χ3n) is 7.40. The molecule has 0 radical (unpaired) electrons. The lowest BCUT2D eigenvalue weighted by Crippen LogP contribution is -2.51. The zero-order chi connectivity index (χ0) is 19.9. The van der Waals surface area contributed by atoms with E-state index in [1.807, 2.05) is 6.07 Å². The Kier molecular flexibility index (Phi) is 4.72. The zero-order valence-electron chi connectivity index (χ0n) is 16.8. The Morgan fingerprint density at radius 1 is 1.18 bits per heavy atom. The number of carbonyl (C=O) groups is 1. The molecule has 28 heavy (non-hydrogen) atoms. The van der Waals surface area contributed by atoms with Crippen molar-refractivity contribution in [2.45, 2.75) is 64.8 Å². The lowest BCUT2D eigenvalue weighted by atomic mass is 9.63. The van der Waals surface area contributed by atoms with Gasteiger partial charge in [-0.05, 0) is 67.2 Å². The second-order valence-electron chi connectivity index (χ2n) is 9.10. The first-order valence-corrected chi connectivity index (χ1v) is 10.2. The van der Waals surface area contributed by atoms with Crippen molar-refractivity contribution in [1.29, 1.82) is 0 Å². The molecule has 2 fully saturated rings. The van der Waals surface area contributed by atoms with E-state index in [9.17, 15) is 9.18 Å². The lowest BCUT2D eigenvalue weighted by molar-refractivity contribution is -0.136. The van der Waals surface area contributed by atoms with Gasteiger partial charge in [-0.25, -0.2) is 4.39 Å². The first-order valence-electron chi connectivity index (χ1n) is 10.2. The fraction of sp³-hybridized carbons (Fsp3) is 0.522. The van der Waals surface area contributed by atoms with Crippen molar-refractivity contribution in [3.63, 3.8) is 0 Å². The Morgan fingerprint density at radius 3 is 2.61 bits per heavy atom. The van der Waals surface area contributed by atoms with Gasteiger partial charge in [-0.2, -0.15) is 10.2 Å². The first kappa shape index (κ1) is 19.0. The summed E-state index contributed by atoms with van der Waals surface area (Å²) in [6.07, 6.45) is 6.89. The maximum Gasteiger partial charge on any atom is 0.226 e. The van der Waals surface area contributed by atoms with Gasteiger partial charge in [-0.15, -0.1) is 0 Å². The van der Waals surface area contributed by atoms with Crippen LogP contribution in [0.4, 0.5) is 4.39 Å². The van der Waals surface area contributed by atoms with Crippen molar-refractivity contribution < 1.29 is 9.18 Å². The summed E-state index contributed by atoms with van der Waals surface area (Å²) < 4.78 is 14.2. The van der Waals surface area contributed by atoms with E-state index in [1.54, 1.807) is 24.4 Å². The molecule has 5 heteroatoms. The Balaban J connectivity index is 1.62. The average molecular weight is 381 g/mol. The smallest absolute Gasteiger partial charge is 0.226 e. The maximum absolute atomic E-state index is 14.2. The van der Waals surface area contributed by atoms with E-state index < -0.39 is 5.41 Å². The van der Waals surface area contributed by atoms with Crippen LogP contribution in [0.25, 0.3) is 11.3 Å². The van der Waals surface area contributed by atoms with Crippen molar-refractivity contribution in [3.8, 4) is 11.3 Å². The molecule has 4 nitrogen and oxygen atoms in total. The predicted molar refractivity (Wildman–Crippen MR) is 107 cm³/mol. The van der Waals surface area contributed by atoms with Crippen molar-refractivity contribution in [3.05, 3.63) is 47.9 Å². The number of hydrogen-bond donors (Lipinski definition) is 1. The molecule has 1 amide bonds. The summed E-state index contributed by atoms with van der Waals surface area (Å²) in [5.74, 6) is 0.0380. The molecule has 2 aromatic rings. The molecule has 0 aliphatic heterocycles. The highest BCUT2D eigenvalue weighted by molar-refractivity contribution is 5.84. The Morgan fingerprint density at radius 2 is 1.93 bits per heavy atom. The molecule has 4 rings (SSSR count). The molecular formula is C23H28FN3O. The number of nitrogens with zero attached hydrogens (tertiary/aromatic N) is 2. The minimum atomic E-state index is -0.436. The van der Waals surface area contributed by atoms with Gasteiger partial charge in [0.25, 0.3) is 0 Å². The number of amides is 1. The number of nitrogens with one attached hydrogen (secondary N) is 1. The van der Waals surface area contributed by atoms with Crippen LogP contribution in [0.1, 0.15) is 64.4 Å². The van der Waals surface area contributed by atoms with Gasteiger partial charge in [0.15, 0.2) is 0 Å². The molecular weight excluding hydrogens is 353 g/mol. The van der Waals surface area contributed by atoms with Crippen LogP contribution in [0, 0.1) is 16.6 Å². The quantitative estimate of drug-likeness (QED) is 0.823. The summed E-state index contributed by atoms with van der Waals surface area (Å²) in [6, 6.07) is 8.91. The third kappa shape index (κ3) is 3.01. The summed E-state index contributed by atoms with van der Waals surface area (Å²) in [6.45, 7) is 6.44. The van der Waals surface area contributed by atoms with Crippen LogP contribution in [-0.2, 0) is 4.79 Å². The molecule has 2 atom stereocenters. The van der Waals surface area contributed by atoms with Gasteiger partial charge in [0.1, 0.15) is 5.82 Å². The van der Waals surface area contributed by atoms with Crippen LogP contribution in [0.15, 0.2) is 36.5 Å². The molecule has 2 aliphatic carbocycles. The molecule has 2 aliphatic rings. The number of carbonyl (C=O) groups excluding carboxylic acids is 1. The second kappa shape index (κ2) is 6.94. The molecule has 0 spiro atoms. The summed E-state index contributed by atoms with van der Waals surface area (Å²) in [5.41, 5.74) is 1.35. The summed E-state index contributed by atoms with van der Waals surface area (Å²) in [4.78, 5) is 13.1. The van der Waals surface area contributed by atoms with Gasteiger partial charge in [0, 0.05) is 11.6 Å². The van der Waals surface area contributed by atoms with Gasteiger partial charge in [0.05, 0.1) is 17.3 Å². The summed E-state index contributed by atoms with van der Waals surface area (Å²) in [7, 11) is 0. The molecule has 1 aromatic heterocycles. The van der Waals surface area contributed by atoms with Gasteiger partial charge in [0.2, 0.25) is 5.91 Å². The van der Waals surface area contributed by atoms with E-state index in [0.717, 1.165) is 31.2 Å². The van der Waals surface area contributed by atoms with E-state index in [-0.39, 0.29) is 23.1 Å². The number of halogens is 1. The number of hydrogen-bond acceptors (Lipinski definition) is 3. The van der Waals surface area contributed by atoms with Gasteiger partial charge in [-0.3, -0.25) is 4.79 Å². The Bertz CT molecular complexity index is 893. The SMILES string of the molecule is CC1(C)[C@H](c2cnnc(-c3ccccc3F)c2)CC[C@@]1(C)C(=O)NC1CCC1. The van der Waals surface area contributed by atoms with Crippen molar-refractivity contribution in [2.24, 2.45) is 10.8 Å². The minimum absolute atomic E-state index is 0.168. The van der Waals surface area contributed by atoms with E-state index in [2.05, 4.69) is 36.3 Å². The largest absolute Gasteiger partial charge is 0.353 e. The average Bonchev–Trinajstić information content (AvgIpc) is 2.89. The highest BCUT2D eigenvalue weighted by Crippen LogP contribution is 2.60. The van der Waals surface area contributed by atoms with Crippen LogP contribution >= 0.6 is 0 Å². The topological polar surface area (TPSA) is 54.9 Å². The normalized spacial score (nSPS) is 26.6.